The smallest absolute Gasteiger partial charge is 0.224 e. The number of hydrogen-bond donors (Lipinski definition) is 0. The van der Waals surface area contributed by atoms with Gasteiger partial charge < -0.3 is 14.5 Å². The van der Waals surface area contributed by atoms with Crippen molar-refractivity contribution in [3.63, 3.8) is 0 Å². The molecule has 2 rings (SSSR count). The van der Waals surface area contributed by atoms with Crippen LogP contribution in [0.4, 0.5) is 5.69 Å². The Labute approximate surface area is 161 Å². The maximum absolute atomic E-state index is 12.6. The Bertz CT molecular complexity index is 729. The van der Waals surface area contributed by atoms with Crippen LogP contribution in [0.15, 0.2) is 54.6 Å². The number of nitrogens with zero attached hydrogens (tertiary/aromatic N) is 2. The van der Waals surface area contributed by atoms with E-state index in [0.29, 0.717) is 26.2 Å². The average Bonchev–Trinajstić information content (AvgIpc) is 2.68. The molecule has 0 saturated heterocycles. The normalized spacial score (nSPS) is 10.3. The Morgan fingerprint density at radius 1 is 0.963 bits per heavy atom. The van der Waals surface area contributed by atoms with Crippen LogP contribution in [0.2, 0.25) is 0 Å². The summed E-state index contributed by atoms with van der Waals surface area (Å²) in [6.07, 6.45) is 0.285. The van der Waals surface area contributed by atoms with Crippen molar-refractivity contribution >= 4 is 17.5 Å². The highest BCUT2D eigenvalue weighted by Gasteiger charge is 2.17. The van der Waals surface area contributed by atoms with Gasteiger partial charge in [-0.3, -0.25) is 9.59 Å². The maximum Gasteiger partial charge on any atom is 0.224 e. The second-order valence-electron chi connectivity index (χ2n) is 6.24. The molecule has 0 radical (unpaired) electrons. The van der Waals surface area contributed by atoms with Crippen LogP contribution < -0.4 is 9.64 Å². The van der Waals surface area contributed by atoms with Crippen molar-refractivity contribution in [3.05, 3.63) is 60.2 Å². The molecule has 0 fully saturated rings. The van der Waals surface area contributed by atoms with Crippen LogP contribution in [0, 0.1) is 0 Å². The van der Waals surface area contributed by atoms with Gasteiger partial charge in [0.15, 0.2) is 0 Å². The standard InChI is InChI=1S/C22H28N2O3/c1-4-23(17-19-9-7-6-8-10-19)22(26)15-16-24(18(3)25)20-11-13-21(14-12-20)27-5-2/h6-14H,4-5,15-17H2,1-3H3. The number of anilines is 1. The largest absolute Gasteiger partial charge is 0.494 e. The fraction of sp³-hybridized carbons (Fsp3) is 0.364. The lowest BCUT2D eigenvalue weighted by atomic mass is 10.2. The molecule has 27 heavy (non-hydrogen) atoms. The Hall–Kier alpha value is -2.82. The summed E-state index contributed by atoms with van der Waals surface area (Å²) in [5.74, 6) is 0.720. The molecule has 5 nitrogen and oxygen atoms in total. The van der Waals surface area contributed by atoms with E-state index < -0.39 is 0 Å². The summed E-state index contributed by atoms with van der Waals surface area (Å²) in [5.41, 5.74) is 1.87. The van der Waals surface area contributed by atoms with Gasteiger partial charge in [-0.25, -0.2) is 0 Å². The van der Waals surface area contributed by atoms with Gasteiger partial charge in [0, 0.05) is 38.7 Å². The predicted octanol–water partition coefficient (Wildman–Crippen LogP) is 3.88. The van der Waals surface area contributed by atoms with E-state index in [1.54, 1.807) is 4.90 Å². The highest BCUT2D eigenvalue weighted by molar-refractivity contribution is 5.92. The zero-order valence-electron chi connectivity index (χ0n) is 16.4. The van der Waals surface area contributed by atoms with E-state index >= 15 is 0 Å². The van der Waals surface area contributed by atoms with Gasteiger partial charge in [-0.15, -0.1) is 0 Å². The van der Waals surface area contributed by atoms with Gasteiger partial charge in [-0.1, -0.05) is 30.3 Å². The van der Waals surface area contributed by atoms with Gasteiger partial charge >= 0.3 is 0 Å². The van der Waals surface area contributed by atoms with Crippen LogP contribution in [0.1, 0.15) is 32.8 Å². The Morgan fingerprint density at radius 3 is 2.19 bits per heavy atom. The molecule has 0 aliphatic heterocycles. The Balaban J connectivity index is 1.99. The van der Waals surface area contributed by atoms with Gasteiger partial charge in [0.1, 0.15) is 5.75 Å². The van der Waals surface area contributed by atoms with E-state index in [0.717, 1.165) is 17.0 Å². The molecule has 0 spiro atoms. The van der Waals surface area contributed by atoms with E-state index in [9.17, 15) is 9.59 Å². The number of benzene rings is 2. The molecule has 5 heteroatoms. The topological polar surface area (TPSA) is 49.9 Å². The Morgan fingerprint density at radius 2 is 1.63 bits per heavy atom. The van der Waals surface area contributed by atoms with Gasteiger partial charge in [0.2, 0.25) is 11.8 Å². The number of amides is 2. The first-order chi connectivity index (χ1) is 13.0. The highest BCUT2D eigenvalue weighted by Crippen LogP contribution is 2.20. The first-order valence-electron chi connectivity index (χ1n) is 9.37. The summed E-state index contributed by atoms with van der Waals surface area (Å²) < 4.78 is 5.44. The number of ether oxygens (including phenoxy) is 1. The predicted molar refractivity (Wildman–Crippen MR) is 108 cm³/mol. The lowest BCUT2D eigenvalue weighted by Gasteiger charge is -2.25. The van der Waals surface area contributed by atoms with Crippen LogP contribution in [0.3, 0.4) is 0 Å². The van der Waals surface area contributed by atoms with E-state index in [-0.39, 0.29) is 18.2 Å². The number of carbonyl (C=O) groups is 2. The second kappa shape index (κ2) is 10.4. The third kappa shape index (κ3) is 6.13. The first kappa shape index (κ1) is 20.5. The molecule has 2 aromatic carbocycles. The quantitative estimate of drug-likeness (QED) is 0.675. The number of carbonyl (C=O) groups excluding carboxylic acids is 2. The summed E-state index contributed by atoms with van der Waals surface area (Å²) in [7, 11) is 0. The minimum atomic E-state index is -0.0851. The third-order valence-electron chi connectivity index (χ3n) is 4.34. The van der Waals surface area contributed by atoms with Gasteiger partial charge in [-0.2, -0.15) is 0 Å². The Kier molecular flexibility index (Phi) is 7.86. The van der Waals surface area contributed by atoms with Gasteiger partial charge in [0.05, 0.1) is 6.61 Å². The van der Waals surface area contributed by atoms with Crippen molar-refractivity contribution in [3.8, 4) is 5.75 Å². The minimum Gasteiger partial charge on any atom is -0.494 e. The highest BCUT2D eigenvalue weighted by atomic mass is 16.5. The summed E-state index contributed by atoms with van der Waals surface area (Å²) in [5, 5.41) is 0. The number of rotatable bonds is 9. The fourth-order valence-electron chi connectivity index (χ4n) is 2.90. The molecule has 0 N–H and O–H groups in total. The van der Waals surface area contributed by atoms with Crippen molar-refractivity contribution in [2.75, 3.05) is 24.6 Å². The second-order valence-corrected chi connectivity index (χ2v) is 6.24. The average molecular weight is 368 g/mol. The van der Waals surface area contributed by atoms with Crippen molar-refractivity contribution < 1.29 is 14.3 Å². The molecule has 0 saturated carbocycles. The zero-order valence-corrected chi connectivity index (χ0v) is 16.4. The molecular weight excluding hydrogens is 340 g/mol. The minimum absolute atomic E-state index is 0.0403. The molecule has 2 aromatic rings. The molecule has 0 aromatic heterocycles. The van der Waals surface area contributed by atoms with E-state index in [1.807, 2.05) is 73.3 Å². The molecule has 0 heterocycles. The van der Waals surface area contributed by atoms with Crippen molar-refractivity contribution in [1.29, 1.82) is 0 Å². The summed E-state index contributed by atoms with van der Waals surface area (Å²) >= 11 is 0. The van der Waals surface area contributed by atoms with Crippen LogP contribution in [-0.2, 0) is 16.1 Å². The van der Waals surface area contributed by atoms with E-state index in [4.69, 9.17) is 4.74 Å². The number of hydrogen-bond acceptors (Lipinski definition) is 3. The molecule has 0 aliphatic rings. The molecule has 144 valence electrons. The van der Waals surface area contributed by atoms with Crippen LogP contribution in [0.5, 0.6) is 5.75 Å². The van der Waals surface area contributed by atoms with E-state index in [1.165, 1.54) is 6.92 Å². The molecular formula is C22H28N2O3. The zero-order chi connectivity index (χ0) is 19.6. The molecule has 0 bridgehead atoms. The maximum atomic E-state index is 12.6. The molecule has 0 aliphatic carbocycles. The monoisotopic (exact) mass is 368 g/mol. The van der Waals surface area contributed by atoms with Crippen LogP contribution in [-0.4, -0.2) is 36.4 Å². The van der Waals surface area contributed by atoms with Crippen molar-refractivity contribution in [2.24, 2.45) is 0 Å². The SMILES string of the molecule is CCOc1ccc(N(CCC(=O)N(CC)Cc2ccccc2)C(C)=O)cc1. The van der Waals surface area contributed by atoms with Crippen molar-refractivity contribution in [2.45, 2.75) is 33.7 Å². The van der Waals surface area contributed by atoms with Gasteiger partial charge in [-0.05, 0) is 43.7 Å². The molecule has 0 atom stereocenters. The lowest BCUT2D eigenvalue weighted by molar-refractivity contribution is -0.131. The summed E-state index contributed by atoms with van der Waals surface area (Å²) in [6, 6.07) is 17.3. The van der Waals surface area contributed by atoms with E-state index in [2.05, 4.69) is 0 Å². The summed E-state index contributed by atoms with van der Waals surface area (Å²) in [6.45, 7) is 7.58. The van der Waals surface area contributed by atoms with Crippen molar-refractivity contribution in [1.82, 2.24) is 4.90 Å². The van der Waals surface area contributed by atoms with Crippen LogP contribution >= 0.6 is 0 Å². The lowest BCUT2D eigenvalue weighted by Crippen LogP contribution is -2.36. The molecule has 2 amide bonds. The van der Waals surface area contributed by atoms with Gasteiger partial charge in [0.25, 0.3) is 0 Å². The first-order valence-corrected chi connectivity index (χ1v) is 9.37. The van der Waals surface area contributed by atoms with Crippen LogP contribution in [0.25, 0.3) is 0 Å². The molecule has 0 unspecified atom stereocenters. The third-order valence-corrected chi connectivity index (χ3v) is 4.34. The summed E-state index contributed by atoms with van der Waals surface area (Å²) in [4.78, 5) is 28.2. The fourth-order valence-corrected chi connectivity index (χ4v) is 2.90.